The molecule has 0 aliphatic rings. The maximum atomic E-state index is 5.35. The number of likely N-dealkylation sites (N-methyl/N-ethyl adjacent to an activating group) is 1. The van der Waals surface area contributed by atoms with E-state index in [1.165, 1.54) is 18.4 Å². The fraction of sp³-hybridized carbons (Fsp3) is 0.632. The second-order valence-corrected chi connectivity index (χ2v) is 6.27. The van der Waals surface area contributed by atoms with Crippen LogP contribution in [-0.4, -0.2) is 52.2 Å². The quantitative estimate of drug-likeness (QED) is 0.538. The standard InChI is InChI=1S/C19H34N4O/c1-7-15(8-2)13-21-19(20-3)22-14-18(23(4)5)16-10-9-11-17(12-16)24-6/h9-12,15,18H,7-8,13-14H2,1-6H3,(H2,20,21,22). The maximum Gasteiger partial charge on any atom is 0.191 e. The van der Waals surface area contributed by atoms with Crippen molar-refractivity contribution in [1.82, 2.24) is 15.5 Å². The van der Waals surface area contributed by atoms with Crippen molar-refractivity contribution in [3.63, 3.8) is 0 Å². The van der Waals surface area contributed by atoms with Gasteiger partial charge in [-0.25, -0.2) is 0 Å². The van der Waals surface area contributed by atoms with E-state index in [-0.39, 0.29) is 6.04 Å². The Hall–Kier alpha value is -1.75. The summed E-state index contributed by atoms with van der Waals surface area (Å²) in [5.74, 6) is 2.43. The summed E-state index contributed by atoms with van der Waals surface area (Å²) >= 11 is 0. The van der Waals surface area contributed by atoms with E-state index in [0.717, 1.165) is 24.8 Å². The van der Waals surface area contributed by atoms with Gasteiger partial charge in [0, 0.05) is 20.1 Å². The molecule has 1 rings (SSSR count). The molecule has 0 fully saturated rings. The van der Waals surface area contributed by atoms with Crippen LogP contribution in [0.5, 0.6) is 5.75 Å². The SMILES string of the molecule is CCC(CC)CNC(=NC)NCC(c1cccc(OC)c1)N(C)C. The summed E-state index contributed by atoms with van der Waals surface area (Å²) in [6.45, 7) is 6.20. The molecule has 0 aromatic heterocycles. The Kier molecular flexibility index (Phi) is 9.23. The van der Waals surface area contributed by atoms with Gasteiger partial charge in [0.15, 0.2) is 5.96 Å². The molecular weight excluding hydrogens is 300 g/mol. The van der Waals surface area contributed by atoms with Crippen LogP contribution in [0.25, 0.3) is 0 Å². The van der Waals surface area contributed by atoms with Gasteiger partial charge >= 0.3 is 0 Å². The van der Waals surface area contributed by atoms with Crippen LogP contribution in [0.4, 0.5) is 0 Å². The number of nitrogens with zero attached hydrogens (tertiary/aromatic N) is 2. The zero-order valence-electron chi connectivity index (χ0n) is 16.1. The summed E-state index contributed by atoms with van der Waals surface area (Å²) in [6.07, 6.45) is 2.37. The van der Waals surface area contributed by atoms with Gasteiger partial charge in [-0.2, -0.15) is 0 Å². The van der Waals surface area contributed by atoms with E-state index in [1.54, 1.807) is 7.11 Å². The van der Waals surface area contributed by atoms with Gasteiger partial charge in [-0.05, 0) is 37.7 Å². The first-order valence-corrected chi connectivity index (χ1v) is 8.80. The second kappa shape index (κ2) is 10.9. The monoisotopic (exact) mass is 334 g/mol. The summed E-state index contributed by atoms with van der Waals surface area (Å²) < 4.78 is 5.35. The number of methoxy groups -OCH3 is 1. The molecule has 0 aliphatic heterocycles. The molecule has 136 valence electrons. The number of guanidine groups is 1. The van der Waals surface area contributed by atoms with E-state index < -0.39 is 0 Å². The molecule has 0 spiro atoms. The first kappa shape index (κ1) is 20.3. The highest BCUT2D eigenvalue weighted by Crippen LogP contribution is 2.22. The summed E-state index contributed by atoms with van der Waals surface area (Å²) in [6, 6.07) is 8.47. The topological polar surface area (TPSA) is 48.9 Å². The molecule has 0 saturated heterocycles. The minimum absolute atomic E-state index is 0.242. The minimum Gasteiger partial charge on any atom is -0.497 e. The normalized spacial score (nSPS) is 13.2. The Bertz CT molecular complexity index is 498. The zero-order chi connectivity index (χ0) is 17.9. The van der Waals surface area contributed by atoms with Crippen molar-refractivity contribution >= 4 is 5.96 Å². The van der Waals surface area contributed by atoms with Crippen LogP contribution < -0.4 is 15.4 Å². The van der Waals surface area contributed by atoms with Crippen molar-refractivity contribution in [2.75, 3.05) is 41.3 Å². The van der Waals surface area contributed by atoms with E-state index in [4.69, 9.17) is 4.74 Å². The van der Waals surface area contributed by atoms with E-state index >= 15 is 0 Å². The van der Waals surface area contributed by atoms with Gasteiger partial charge in [0.2, 0.25) is 0 Å². The number of rotatable bonds is 9. The molecule has 1 atom stereocenters. The van der Waals surface area contributed by atoms with Crippen molar-refractivity contribution < 1.29 is 4.74 Å². The fourth-order valence-corrected chi connectivity index (χ4v) is 2.68. The van der Waals surface area contributed by atoms with Crippen molar-refractivity contribution in [2.45, 2.75) is 32.7 Å². The van der Waals surface area contributed by atoms with Crippen LogP contribution in [0.1, 0.15) is 38.3 Å². The molecule has 1 unspecified atom stereocenters. The Balaban J connectivity index is 2.68. The molecule has 0 amide bonds. The van der Waals surface area contributed by atoms with Gasteiger partial charge in [-0.1, -0.05) is 38.8 Å². The van der Waals surface area contributed by atoms with Gasteiger partial charge in [0.25, 0.3) is 0 Å². The third-order valence-corrected chi connectivity index (χ3v) is 4.50. The highest BCUT2D eigenvalue weighted by atomic mass is 16.5. The predicted octanol–water partition coefficient (Wildman–Crippen LogP) is 2.90. The first-order chi connectivity index (χ1) is 11.5. The van der Waals surface area contributed by atoms with E-state index in [9.17, 15) is 0 Å². The number of nitrogens with one attached hydrogen (secondary N) is 2. The fourth-order valence-electron chi connectivity index (χ4n) is 2.68. The maximum absolute atomic E-state index is 5.35. The summed E-state index contributed by atoms with van der Waals surface area (Å²) in [7, 11) is 7.70. The van der Waals surface area contributed by atoms with Crippen LogP contribution in [0.3, 0.4) is 0 Å². The lowest BCUT2D eigenvalue weighted by Crippen LogP contribution is -2.43. The van der Waals surface area contributed by atoms with Gasteiger partial charge < -0.3 is 20.3 Å². The molecule has 2 N–H and O–H groups in total. The van der Waals surface area contributed by atoms with Crippen LogP contribution in [0, 0.1) is 5.92 Å². The third kappa shape index (κ3) is 6.40. The minimum atomic E-state index is 0.242. The van der Waals surface area contributed by atoms with Crippen LogP contribution >= 0.6 is 0 Å². The van der Waals surface area contributed by atoms with Gasteiger partial charge in [0.05, 0.1) is 13.2 Å². The highest BCUT2D eigenvalue weighted by molar-refractivity contribution is 5.79. The molecule has 0 aliphatic carbocycles. The number of ether oxygens (including phenoxy) is 1. The number of hydrogen-bond donors (Lipinski definition) is 2. The van der Waals surface area contributed by atoms with Crippen LogP contribution in [0.15, 0.2) is 29.3 Å². The molecule has 5 nitrogen and oxygen atoms in total. The van der Waals surface area contributed by atoms with Crippen molar-refractivity contribution in [3.05, 3.63) is 29.8 Å². The molecule has 0 heterocycles. The Morgan fingerprint density at radius 3 is 2.38 bits per heavy atom. The van der Waals surface area contributed by atoms with Gasteiger partial charge in [0.1, 0.15) is 5.75 Å². The predicted molar refractivity (Wildman–Crippen MR) is 103 cm³/mol. The van der Waals surface area contributed by atoms with Crippen molar-refractivity contribution in [3.8, 4) is 5.75 Å². The smallest absolute Gasteiger partial charge is 0.191 e. The second-order valence-electron chi connectivity index (χ2n) is 6.27. The Labute approximate surface area is 147 Å². The molecule has 0 saturated carbocycles. The number of benzene rings is 1. The molecule has 1 aromatic carbocycles. The highest BCUT2D eigenvalue weighted by Gasteiger charge is 2.15. The van der Waals surface area contributed by atoms with Crippen LogP contribution in [-0.2, 0) is 0 Å². The van der Waals surface area contributed by atoms with Gasteiger partial charge in [-0.15, -0.1) is 0 Å². The molecule has 0 radical (unpaired) electrons. The Morgan fingerprint density at radius 1 is 1.17 bits per heavy atom. The lowest BCUT2D eigenvalue weighted by molar-refractivity contribution is 0.297. The third-order valence-electron chi connectivity index (χ3n) is 4.50. The lowest BCUT2D eigenvalue weighted by Gasteiger charge is -2.26. The molecule has 5 heteroatoms. The van der Waals surface area contributed by atoms with Gasteiger partial charge in [-0.3, -0.25) is 4.99 Å². The molecule has 1 aromatic rings. The first-order valence-electron chi connectivity index (χ1n) is 8.80. The van der Waals surface area contributed by atoms with Crippen LogP contribution in [0.2, 0.25) is 0 Å². The summed E-state index contributed by atoms with van der Waals surface area (Å²) in [5.41, 5.74) is 1.22. The summed E-state index contributed by atoms with van der Waals surface area (Å²) in [5, 5.41) is 6.88. The Morgan fingerprint density at radius 2 is 1.83 bits per heavy atom. The number of hydrogen-bond acceptors (Lipinski definition) is 3. The number of aliphatic imine (C=N–C) groups is 1. The lowest BCUT2D eigenvalue weighted by atomic mass is 10.0. The van der Waals surface area contributed by atoms with E-state index in [2.05, 4.69) is 60.6 Å². The molecule has 24 heavy (non-hydrogen) atoms. The zero-order valence-corrected chi connectivity index (χ0v) is 16.1. The molecular formula is C19H34N4O. The largest absolute Gasteiger partial charge is 0.497 e. The average molecular weight is 335 g/mol. The van der Waals surface area contributed by atoms with E-state index in [1.807, 2.05) is 19.2 Å². The van der Waals surface area contributed by atoms with Crippen molar-refractivity contribution in [2.24, 2.45) is 10.9 Å². The summed E-state index contributed by atoms with van der Waals surface area (Å²) in [4.78, 5) is 6.54. The van der Waals surface area contributed by atoms with Crippen molar-refractivity contribution in [1.29, 1.82) is 0 Å². The average Bonchev–Trinajstić information content (AvgIpc) is 2.60. The molecule has 0 bridgehead atoms. The van der Waals surface area contributed by atoms with E-state index in [0.29, 0.717) is 5.92 Å².